The second kappa shape index (κ2) is 14.3. The third-order valence-corrected chi connectivity index (χ3v) is 10.2. The summed E-state index contributed by atoms with van der Waals surface area (Å²) in [5.41, 5.74) is 7.54. The van der Waals surface area contributed by atoms with Gasteiger partial charge in [-0.3, -0.25) is 4.79 Å². The Hall–Kier alpha value is -1.38. The third-order valence-electron chi connectivity index (χ3n) is 7.82. The number of likely N-dealkylation sites (tertiary alicyclic amines) is 1. The number of aromatic hydroxyl groups is 2. The minimum absolute atomic E-state index is 0. The highest BCUT2D eigenvalue weighted by molar-refractivity contribution is 7.94. The molecule has 3 aliphatic rings. The van der Waals surface area contributed by atoms with Crippen LogP contribution in [0.5, 0.6) is 11.5 Å². The summed E-state index contributed by atoms with van der Waals surface area (Å²) < 4.78 is 29.3. The Balaban J connectivity index is 0.00000342. The standard InChI is InChI=1S/C24H37N3O6S.2ClH.2H2O/c1-24(2)23(30)27(15-34(24,31)32)10-4-3-9-26-11-7-16(8-12-26)20-13-18-17(21(14-25)33-20)5-6-19(28)22(18)29;;;;/h5-6,16,20-21,28-29H,3-4,7-15,25H2,1-2H3;2*1H;2*1H2/t20-,21-;;;;/m1..../s1. The number of amides is 1. The van der Waals surface area contributed by atoms with Gasteiger partial charge < -0.3 is 41.4 Å². The van der Waals surface area contributed by atoms with Crippen molar-refractivity contribution in [3.8, 4) is 11.5 Å². The quantitative estimate of drug-likeness (QED) is 0.299. The molecule has 2 atom stereocenters. The van der Waals surface area contributed by atoms with Crippen LogP contribution < -0.4 is 5.73 Å². The monoisotopic (exact) mass is 603 g/mol. The summed E-state index contributed by atoms with van der Waals surface area (Å²) in [5, 5.41) is 20.3. The van der Waals surface area contributed by atoms with E-state index < -0.39 is 14.6 Å². The summed E-state index contributed by atoms with van der Waals surface area (Å²) in [5.74, 6) is -0.283. The normalized spacial score (nSPS) is 24.3. The number of sulfone groups is 1. The number of hydrogen-bond donors (Lipinski definition) is 3. The van der Waals surface area contributed by atoms with Crippen LogP contribution in [0.15, 0.2) is 12.1 Å². The zero-order valence-corrected chi connectivity index (χ0v) is 24.3. The molecule has 8 N–H and O–H groups in total. The van der Waals surface area contributed by atoms with E-state index >= 15 is 0 Å². The van der Waals surface area contributed by atoms with Gasteiger partial charge >= 0.3 is 0 Å². The van der Waals surface area contributed by atoms with E-state index in [1.54, 1.807) is 6.07 Å². The van der Waals surface area contributed by atoms with E-state index in [1.165, 1.54) is 24.8 Å². The Kier molecular flexibility index (Phi) is 13.8. The summed E-state index contributed by atoms with van der Waals surface area (Å²) in [6.45, 7) is 6.59. The van der Waals surface area contributed by atoms with Crippen molar-refractivity contribution in [3.63, 3.8) is 0 Å². The molecule has 1 aromatic carbocycles. The number of carbonyl (C=O) groups is 1. The molecule has 3 aliphatic heterocycles. The lowest BCUT2D eigenvalue weighted by atomic mass is 9.83. The summed E-state index contributed by atoms with van der Waals surface area (Å²) in [6, 6.07) is 3.27. The molecule has 2 saturated heterocycles. The Morgan fingerprint density at radius 2 is 1.68 bits per heavy atom. The van der Waals surface area contributed by atoms with Crippen molar-refractivity contribution in [2.75, 3.05) is 38.6 Å². The molecule has 0 bridgehead atoms. The van der Waals surface area contributed by atoms with Gasteiger partial charge in [-0.25, -0.2) is 8.42 Å². The first-order valence-electron chi connectivity index (χ1n) is 12.2. The number of carbonyl (C=O) groups excluding carboxylic acids is 1. The summed E-state index contributed by atoms with van der Waals surface area (Å²) in [4.78, 5) is 16.3. The van der Waals surface area contributed by atoms with E-state index in [4.69, 9.17) is 10.5 Å². The number of phenolic OH excluding ortho intramolecular Hbond substituents is 2. The molecule has 1 amide bonds. The van der Waals surface area contributed by atoms with Crippen LogP contribution in [0, 0.1) is 5.92 Å². The summed E-state index contributed by atoms with van der Waals surface area (Å²) in [6.07, 6.45) is 3.90. The lowest BCUT2D eigenvalue weighted by Crippen LogP contribution is -2.42. The first-order valence-corrected chi connectivity index (χ1v) is 13.8. The van der Waals surface area contributed by atoms with Crippen LogP contribution in [0.3, 0.4) is 0 Å². The number of benzene rings is 1. The van der Waals surface area contributed by atoms with Gasteiger partial charge in [-0.15, -0.1) is 24.8 Å². The molecule has 1 aromatic rings. The molecule has 0 unspecified atom stereocenters. The van der Waals surface area contributed by atoms with Crippen LogP contribution in [0.1, 0.15) is 56.8 Å². The van der Waals surface area contributed by atoms with Crippen LogP contribution in [-0.2, 0) is 25.8 Å². The van der Waals surface area contributed by atoms with Crippen molar-refractivity contribution in [1.29, 1.82) is 0 Å². The topological polar surface area (TPSA) is 196 Å². The second-order valence-corrected chi connectivity index (χ2v) is 12.8. The molecule has 4 rings (SSSR count). The van der Waals surface area contributed by atoms with E-state index in [2.05, 4.69) is 4.90 Å². The minimum atomic E-state index is -3.41. The van der Waals surface area contributed by atoms with Crippen molar-refractivity contribution in [2.24, 2.45) is 11.7 Å². The SMILES string of the molecule is CC1(C)C(=O)N(CCCCN2CCC([C@H]3Cc4c(ccc(O)c4O)[C@@H](CN)O3)CC2)CS1(=O)=O.Cl.Cl.O.O. The van der Waals surface area contributed by atoms with Crippen LogP contribution in [-0.4, -0.2) is 94.7 Å². The fourth-order valence-electron chi connectivity index (χ4n) is 5.44. The number of nitrogens with two attached hydrogens (primary N) is 1. The van der Waals surface area contributed by atoms with Gasteiger partial charge in [0.05, 0.1) is 12.2 Å². The number of hydrogen-bond acceptors (Lipinski definition) is 8. The molecular formula is C24H43Cl2N3O8S. The van der Waals surface area contributed by atoms with E-state index in [0.717, 1.165) is 56.4 Å². The number of ether oxygens (including phenoxy) is 1. The van der Waals surface area contributed by atoms with Gasteiger partial charge in [0.1, 0.15) is 10.6 Å². The first kappa shape index (κ1) is 36.6. The molecule has 11 nitrogen and oxygen atoms in total. The van der Waals surface area contributed by atoms with Gasteiger partial charge in [0.15, 0.2) is 21.3 Å². The lowest BCUT2D eigenvalue weighted by Gasteiger charge is -2.40. The van der Waals surface area contributed by atoms with E-state index in [9.17, 15) is 23.4 Å². The van der Waals surface area contributed by atoms with E-state index in [-0.39, 0.29) is 71.3 Å². The third kappa shape index (κ3) is 7.03. The maximum absolute atomic E-state index is 12.4. The maximum atomic E-state index is 12.4. The van der Waals surface area contributed by atoms with Crippen LogP contribution in [0.2, 0.25) is 0 Å². The molecule has 3 heterocycles. The Labute approximate surface area is 237 Å². The van der Waals surface area contributed by atoms with Gasteiger partial charge in [-0.2, -0.15) is 0 Å². The number of unbranched alkanes of at least 4 members (excludes halogenated alkanes) is 1. The van der Waals surface area contributed by atoms with Gasteiger partial charge in [-0.1, -0.05) is 6.07 Å². The molecule has 14 heteroatoms. The zero-order chi connectivity index (χ0) is 24.7. The molecule has 2 fully saturated rings. The molecule has 0 aliphatic carbocycles. The number of phenols is 2. The average molecular weight is 605 g/mol. The Morgan fingerprint density at radius 3 is 2.24 bits per heavy atom. The van der Waals surface area contributed by atoms with E-state index in [0.29, 0.717) is 25.4 Å². The molecule has 38 heavy (non-hydrogen) atoms. The van der Waals surface area contributed by atoms with Crippen molar-refractivity contribution >= 4 is 40.6 Å². The largest absolute Gasteiger partial charge is 0.504 e. The van der Waals surface area contributed by atoms with Crippen molar-refractivity contribution in [1.82, 2.24) is 9.80 Å². The molecule has 0 spiro atoms. The minimum Gasteiger partial charge on any atom is -0.504 e. The number of piperidine rings is 1. The second-order valence-electron chi connectivity index (χ2n) is 10.3. The number of nitrogens with zero attached hydrogens (tertiary/aromatic N) is 2. The smallest absolute Gasteiger partial charge is 0.244 e. The fraction of sp³-hybridized carbons (Fsp3) is 0.708. The fourth-order valence-corrected chi connectivity index (χ4v) is 6.82. The van der Waals surface area contributed by atoms with Gasteiger partial charge in [-0.05, 0) is 76.7 Å². The lowest BCUT2D eigenvalue weighted by molar-refractivity contribution is -0.130. The average Bonchev–Trinajstić information content (AvgIpc) is 2.97. The highest BCUT2D eigenvalue weighted by atomic mass is 35.5. The number of fused-ring (bicyclic) bond motifs is 1. The van der Waals surface area contributed by atoms with Gasteiger partial charge in [0, 0.05) is 25.1 Å². The van der Waals surface area contributed by atoms with Crippen LogP contribution in [0.4, 0.5) is 0 Å². The Bertz CT molecular complexity index is 1040. The van der Waals surface area contributed by atoms with E-state index in [1.807, 2.05) is 0 Å². The van der Waals surface area contributed by atoms with Gasteiger partial charge in [0.25, 0.3) is 0 Å². The highest BCUT2D eigenvalue weighted by Gasteiger charge is 2.51. The number of rotatable bonds is 7. The van der Waals surface area contributed by atoms with Crippen molar-refractivity contribution < 1.29 is 39.1 Å². The molecule has 0 saturated carbocycles. The zero-order valence-electron chi connectivity index (χ0n) is 21.9. The predicted molar refractivity (Wildman–Crippen MR) is 150 cm³/mol. The van der Waals surface area contributed by atoms with Crippen LogP contribution in [0.25, 0.3) is 0 Å². The molecule has 222 valence electrons. The van der Waals surface area contributed by atoms with Crippen LogP contribution >= 0.6 is 24.8 Å². The summed E-state index contributed by atoms with van der Waals surface area (Å²) in [7, 11) is -3.41. The first-order chi connectivity index (χ1) is 16.0. The van der Waals surface area contributed by atoms with Crippen molar-refractivity contribution in [3.05, 3.63) is 23.3 Å². The van der Waals surface area contributed by atoms with Gasteiger partial charge in [0.2, 0.25) is 5.91 Å². The molecule has 0 aromatic heterocycles. The molecular weight excluding hydrogens is 561 g/mol. The predicted octanol–water partition coefficient (Wildman–Crippen LogP) is 0.718. The van der Waals surface area contributed by atoms with Crippen molar-refractivity contribution in [2.45, 2.75) is 62.9 Å². The Morgan fingerprint density at radius 1 is 1.08 bits per heavy atom. The number of halogens is 2. The summed E-state index contributed by atoms with van der Waals surface area (Å²) >= 11 is 0. The highest BCUT2D eigenvalue weighted by Crippen LogP contribution is 2.42. The molecule has 0 radical (unpaired) electrons. The maximum Gasteiger partial charge on any atom is 0.244 e.